The second kappa shape index (κ2) is 9.89. The van der Waals surface area contributed by atoms with Crippen LogP contribution in [-0.2, 0) is 14.4 Å². The molecule has 0 aromatic heterocycles. The summed E-state index contributed by atoms with van der Waals surface area (Å²) in [6.07, 6.45) is 1.85. The van der Waals surface area contributed by atoms with Gasteiger partial charge < -0.3 is 15.5 Å². The van der Waals surface area contributed by atoms with Crippen LogP contribution in [0, 0.1) is 0 Å². The number of hydrogen-bond donors (Lipinski definition) is 4. The predicted octanol–water partition coefficient (Wildman–Crippen LogP) is -0.0976. The number of carboxylic acid groups (broad SMARTS) is 1. The van der Waals surface area contributed by atoms with E-state index in [-0.39, 0.29) is 26.0 Å². The molecule has 8 nitrogen and oxygen atoms in total. The number of aliphatic carboxylic acids is 1. The first-order valence-corrected chi connectivity index (χ1v) is 6.56. The van der Waals surface area contributed by atoms with Crippen molar-refractivity contribution in [3.05, 3.63) is 11.6 Å². The van der Waals surface area contributed by atoms with Gasteiger partial charge in [-0.3, -0.25) is 14.8 Å². The number of nitrogens with zero attached hydrogens (tertiary/aromatic N) is 1. The Balaban J connectivity index is 4.26. The highest BCUT2D eigenvalue weighted by molar-refractivity contribution is 5.87. The van der Waals surface area contributed by atoms with Crippen molar-refractivity contribution in [3.8, 4) is 0 Å². The monoisotopic (exact) mass is 302 g/mol. The zero-order valence-electron chi connectivity index (χ0n) is 12.2. The molecule has 1 atom stereocenters. The van der Waals surface area contributed by atoms with E-state index in [0.717, 1.165) is 0 Å². The Morgan fingerprint density at radius 2 is 1.90 bits per heavy atom. The quantitative estimate of drug-likeness (QED) is 0.268. The van der Waals surface area contributed by atoms with Crippen molar-refractivity contribution in [2.24, 2.45) is 0 Å². The van der Waals surface area contributed by atoms with E-state index in [0.29, 0.717) is 17.1 Å². The first-order valence-electron chi connectivity index (χ1n) is 6.56. The van der Waals surface area contributed by atoms with Gasteiger partial charge in [0.1, 0.15) is 6.04 Å². The molecule has 0 saturated carbocycles. The molecule has 0 aliphatic carbocycles. The number of hydroxylamine groups is 2. The number of aliphatic hydroxyl groups excluding tert-OH is 1. The topological polar surface area (TPSA) is 127 Å². The summed E-state index contributed by atoms with van der Waals surface area (Å²) in [5.74, 6) is -2.26. The molecule has 120 valence electrons. The maximum atomic E-state index is 11.5. The predicted molar refractivity (Wildman–Crippen MR) is 73.4 cm³/mol. The third kappa shape index (κ3) is 8.77. The van der Waals surface area contributed by atoms with Gasteiger partial charge in [-0.2, -0.15) is 0 Å². The summed E-state index contributed by atoms with van der Waals surface area (Å²) < 4.78 is 0. The average Bonchev–Trinajstić information content (AvgIpc) is 2.36. The second-order valence-electron chi connectivity index (χ2n) is 4.66. The lowest BCUT2D eigenvalue weighted by Gasteiger charge is -2.16. The number of carbonyl (C=O) groups excluding carboxylic acids is 2. The van der Waals surface area contributed by atoms with Crippen molar-refractivity contribution in [2.75, 3.05) is 13.2 Å². The second-order valence-corrected chi connectivity index (χ2v) is 4.66. The fourth-order valence-corrected chi connectivity index (χ4v) is 1.59. The number of amides is 2. The minimum atomic E-state index is -1.17. The van der Waals surface area contributed by atoms with E-state index in [1.54, 1.807) is 6.92 Å². The van der Waals surface area contributed by atoms with E-state index >= 15 is 0 Å². The Bertz CT molecular complexity index is 407. The van der Waals surface area contributed by atoms with Crippen LogP contribution in [0.15, 0.2) is 11.6 Å². The zero-order valence-corrected chi connectivity index (χ0v) is 12.2. The molecular formula is C13H22N2O6. The van der Waals surface area contributed by atoms with E-state index in [1.165, 1.54) is 13.0 Å². The lowest BCUT2D eigenvalue weighted by molar-refractivity contribution is -0.159. The van der Waals surface area contributed by atoms with Crippen molar-refractivity contribution >= 4 is 17.8 Å². The number of carboxylic acids is 1. The molecule has 0 radical (unpaired) electrons. The van der Waals surface area contributed by atoms with Crippen LogP contribution >= 0.6 is 0 Å². The van der Waals surface area contributed by atoms with Crippen LogP contribution in [0.3, 0.4) is 0 Å². The largest absolute Gasteiger partial charge is 0.480 e. The minimum absolute atomic E-state index is 0.0505. The molecule has 4 N–H and O–H groups in total. The van der Waals surface area contributed by atoms with Crippen LogP contribution in [0.1, 0.15) is 33.1 Å². The molecule has 0 saturated heterocycles. The summed E-state index contributed by atoms with van der Waals surface area (Å²) >= 11 is 0. The van der Waals surface area contributed by atoms with Crippen molar-refractivity contribution in [1.29, 1.82) is 0 Å². The van der Waals surface area contributed by atoms with Crippen molar-refractivity contribution in [1.82, 2.24) is 10.4 Å². The molecule has 0 fully saturated rings. The molecule has 2 amide bonds. The highest BCUT2D eigenvalue weighted by Gasteiger charge is 2.18. The van der Waals surface area contributed by atoms with E-state index < -0.39 is 23.8 Å². The number of nitrogens with one attached hydrogen (secondary N) is 1. The molecular weight excluding hydrogens is 280 g/mol. The lowest BCUT2D eigenvalue weighted by Crippen LogP contribution is -2.40. The Morgan fingerprint density at radius 3 is 2.38 bits per heavy atom. The van der Waals surface area contributed by atoms with Gasteiger partial charge in [-0.1, -0.05) is 5.57 Å². The van der Waals surface area contributed by atoms with Gasteiger partial charge >= 0.3 is 5.97 Å². The molecule has 8 heteroatoms. The maximum absolute atomic E-state index is 11.5. The van der Waals surface area contributed by atoms with Crippen molar-refractivity contribution < 1.29 is 29.8 Å². The zero-order chi connectivity index (χ0) is 16.4. The first kappa shape index (κ1) is 19.1. The standard InChI is InChI=1S/C13H22N2O6/c1-9(5-7-16)8-12(18)15(21)6-3-4-11(13(19)20)14-10(2)17/h8,11,16,21H,3-7H2,1-2H3,(H,14,17)(H,19,20)/b9-8-/t11-/m0/s1. The van der Waals surface area contributed by atoms with Crippen LogP contribution in [0.25, 0.3) is 0 Å². The van der Waals surface area contributed by atoms with E-state index in [2.05, 4.69) is 5.32 Å². The highest BCUT2D eigenvalue weighted by atomic mass is 16.5. The molecule has 0 spiro atoms. The maximum Gasteiger partial charge on any atom is 0.326 e. The number of hydrogen-bond acceptors (Lipinski definition) is 5. The summed E-state index contributed by atoms with van der Waals surface area (Å²) in [4.78, 5) is 33.2. The fourth-order valence-electron chi connectivity index (χ4n) is 1.59. The summed E-state index contributed by atoms with van der Waals surface area (Å²) in [7, 11) is 0. The number of aliphatic hydroxyl groups is 1. The lowest BCUT2D eigenvalue weighted by atomic mass is 10.1. The van der Waals surface area contributed by atoms with Crippen LogP contribution < -0.4 is 5.32 Å². The number of carbonyl (C=O) groups is 3. The Hall–Kier alpha value is -1.93. The Labute approximate surface area is 123 Å². The van der Waals surface area contributed by atoms with Gasteiger partial charge in [-0.05, 0) is 26.2 Å². The van der Waals surface area contributed by atoms with Crippen molar-refractivity contribution in [2.45, 2.75) is 39.2 Å². The van der Waals surface area contributed by atoms with Gasteiger partial charge in [-0.25, -0.2) is 9.86 Å². The van der Waals surface area contributed by atoms with Crippen LogP contribution in [0.2, 0.25) is 0 Å². The van der Waals surface area contributed by atoms with E-state index in [1.807, 2.05) is 0 Å². The minimum Gasteiger partial charge on any atom is -0.480 e. The molecule has 0 aromatic rings. The average molecular weight is 302 g/mol. The van der Waals surface area contributed by atoms with Gasteiger partial charge in [0.2, 0.25) is 5.91 Å². The van der Waals surface area contributed by atoms with Crippen LogP contribution in [0.5, 0.6) is 0 Å². The third-order valence-corrected chi connectivity index (χ3v) is 2.67. The van der Waals surface area contributed by atoms with Gasteiger partial charge in [0.05, 0.1) is 0 Å². The molecule has 0 aliphatic rings. The highest BCUT2D eigenvalue weighted by Crippen LogP contribution is 2.03. The SMILES string of the molecule is CC(=O)N[C@@H](CCCN(O)C(=O)/C=C(/C)CCO)C(=O)O. The van der Waals surface area contributed by atoms with Crippen molar-refractivity contribution in [3.63, 3.8) is 0 Å². The summed E-state index contributed by atoms with van der Waals surface area (Å²) in [6.45, 7) is 2.73. The summed E-state index contributed by atoms with van der Waals surface area (Å²) in [6, 6.07) is -1.04. The summed E-state index contributed by atoms with van der Waals surface area (Å²) in [5, 5.41) is 29.8. The normalized spacial score (nSPS) is 12.7. The molecule has 0 aliphatic heterocycles. The summed E-state index contributed by atoms with van der Waals surface area (Å²) in [5.41, 5.74) is 0.628. The third-order valence-electron chi connectivity index (χ3n) is 2.67. The molecule has 0 heterocycles. The molecule has 0 bridgehead atoms. The van der Waals surface area contributed by atoms with E-state index in [9.17, 15) is 19.6 Å². The van der Waals surface area contributed by atoms with Crippen LogP contribution in [-0.4, -0.2) is 57.5 Å². The van der Waals surface area contributed by atoms with Gasteiger partial charge in [0, 0.05) is 26.2 Å². The van der Waals surface area contributed by atoms with Gasteiger partial charge in [0.25, 0.3) is 5.91 Å². The molecule has 0 unspecified atom stereocenters. The molecule has 0 aromatic carbocycles. The smallest absolute Gasteiger partial charge is 0.326 e. The Morgan fingerprint density at radius 1 is 1.29 bits per heavy atom. The van der Waals surface area contributed by atoms with Gasteiger partial charge in [0.15, 0.2) is 0 Å². The molecule has 21 heavy (non-hydrogen) atoms. The Kier molecular flexibility index (Phi) is 8.98. The van der Waals surface area contributed by atoms with E-state index in [4.69, 9.17) is 10.2 Å². The molecule has 0 rings (SSSR count). The fraction of sp³-hybridized carbons (Fsp3) is 0.615. The number of rotatable bonds is 9. The van der Waals surface area contributed by atoms with Gasteiger partial charge in [-0.15, -0.1) is 0 Å². The van der Waals surface area contributed by atoms with Crippen LogP contribution in [0.4, 0.5) is 0 Å². The first-order chi connectivity index (χ1) is 9.77.